The van der Waals surface area contributed by atoms with E-state index >= 15 is 0 Å². The number of anilines is 1. The van der Waals surface area contributed by atoms with Crippen molar-refractivity contribution in [2.45, 2.75) is 13.8 Å². The number of nitrogens with one attached hydrogen (secondary N) is 3. The van der Waals surface area contributed by atoms with Crippen molar-refractivity contribution in [3.8, 4) is 5.75 Å². The van der Waals surface area contributed by atoms with Gasteiger partial charge in [0, 0.05) is 21.3 Å². The van der Waals surface area contributed by atoms with E-state index in [1.54, 1.807) is 42.5 Å². The Labute approximate surface area is 194 Å². The monoisotopic (exact) mass is 495 g/mol. The van der Waals surface area contributed by atoms with E-state index in [0.717, 1.165) is 15.6 Å². The lowest BCUT2D eigenvalue weighted by molar-refractivity contribution is -0.123. The number of ether oxygens (including phenoxy) is 1. The standard InChI is InChI=1S/C24H22BrN3O4/c1-15-5-3-4-6-20(15)24(31)26-19-10-7-17(8-11-19)23(30)28-27-22(29)14-32-21-12-9-18(25)13-16(21)2/h3-13H,14H2,1-2H3,(H,26,31)(H,27,29)(H,28,30). The van der Waals surface area contributed by atoms with Crippen molar-refractivity contribution >= 4 is 39.3 Å². The minimum Gasteiger partial charge on any atom is -0.483 e. The molecule has 0 spiro atoms. The summed E-state index contributed by atoms with van der Waals surface area (Å²) in [6.45, 7) is 3.49. The number of carbonyl (C=O) groups excluding carboxylic acids is 3. The van der Waals surface area contributed by atoms with E-state index in [2.05, 4.69) is 32.1 Å². The Bertz CT molecular complexity index is 1150. The molecule has 32 heavy (non-hydrogen) atoms. The van der Waals surface area contributed by atoms with Crippen LogP contribution in [0.3, 0.4) is 0 Å². The van der Waals surface area contributed by atoms with Crippen LogP contribution in [0.2, 0.25) is 0 Å². The molecule has 0 atom stereocenters. The molecule has 3 rings (SSSR count). The van der Waals surface area contributed by atoms with Gasteiger partial charge < -0.3 is 10.1 Å². The summed E-state index contributed by atoms with van der Waals surface area (Å²) in [7, 11) is 0. The molecule has 0 radical (unpaired) electrons. The first-order valence-electron chi connectivity index (χ1n) is 9.78. The molecule has 0 aliphatic carbocycles. The lowest BCUT2D eigenvalue weighted by Gasteiger charge is -2.11. The summed E-state index contributed by atoms with van der Waals surface area (Å²) in [6.07, 6.45) is 0. The van der Waals surface area contributed by atoms with Crippen molar-refractivity contribution in [1.82, 2.24) is 10.9 Å². The third-order valence-electron chi connectivity index (χ3n) is 4.61. The molecule has 7 nitrogen and oxygen atoms in total. The Kier molecular flexibility index (Phi) is 7.62. The van der Waals surface area contributed by atoms with Crippen LogP contribution in [0.25, 0.3) is 0 Å². The van der Waals surface area contributed by atoms with Crippen LogP contribution in [-0.4, -0.2) is 24.3 Å². The molecule has 0 bridgehead atoms. The fourth-order valence-electron chi connectivity index (χ4n) is 2.88. The van der Waals surface area contributed by atoms with E-state index in [1.807, 2.05) is 38.1 Å². The Morgan fingerprint density at radius 3 is 2.25 bits per heavy atom. The predicted molar refractivity (Wildman–Crippen MR) is 126 cm³/mol. The highest BCUT2D eigenvalue weighted by Gasteiger charge is 2.11. The molecule has 0 aliphatic rings. The number of rotatable bonds is 6. The second-order valence-corrected chi connectivity index (χ2v) is 7.96. The van der Waals surface area contributed by atoms with Crippen LogP contribution in [-0.2, 0) is 4.79 Å². The molecule has 0 heterocycles. The number of carbonyl (C=O) groups is 3. The van der Waals surface area contributed by atoms with Gasteiger partial charge in [0.25, 0.3) is 17.7 Å². The lowest BCUT2D eigenvalue weighted by Crippen LogP contribution is -2.43. The van der Waals surface area contributed by atoms with Crippen LogP contribution in [0, 0.1) is 13.8 Å². The van der Waals surface area contributed by atoms with Gasteiger partial charge in [-0.1, -0.05) is 34.1 Å². The first-order valence-corrected chi connectivity index (χ1v) is 10.6. The predicted octanol–water partition coefficient (Wildman–Crippen LogP) is 4.16. The molecular formula is C24H22BrN3O4. The van der Waals surface area contributed by atoms with Gasteiger partial charge in [-0.2, -0.15) is 0 Å². The van der Waals surface area contributed by atoms with Gasteiger partial charge in [0.1, 0.15) is 5.75 Å². The average Bonchev–Trinajstić information content (AvgIpc) is 2.77. The van der Waals surface area contributed by atoms with Gasteiger partial charge in [0.2, 0.25) is 0 Å². The fraction of sp³-hybridized carbons (Fsp3) is 0.125. The van der Waals surface area contributed by atoms with Crippen molar-refractivity contribution in [2.75, 3.05) is 11.9 Å². The number of benzene rings is 3. The summed E-state index contributed by atoms with van der Waals surface area (Å²) < 4.78 is 6.38. The van der Waals surface area contributed by atoms with Gasteiger partial charge >= 0.3 is 0 Å². The first-order chi connectivity index (χ1) is 15.3. The van der Waals surface area contributed by atoms with Crippen LogP contribution in [0.15, 0.2) is 71.2 Å². The molecule has 164 valence electrons. The summed E-state index contributed by atoms with van der Waals surface area (Å²) in [4.78, 5) is 36.6. The van der Waals surface area contributed by atoms with Gasteiger partial charge in [-0.15, -0.1) is 0 Å². The minimum absolute atomic E-state index is 0.228. The maximum Gasteiger partial charge on any atom is 0.276 e. The first kappa shape index (κ1) is 23.0. The summed E-state index contributed by atoms with van der Waals surface area (Å²) in [5, 5.41) is 2.80. The molecule has 0 unspecified atom stereocenters. The Morgan fingerprint density at radius 1 is 0.844 bits per heavy atom. The van der Waals surface area contributed by atoms with Crippen molar-refractivity contribution in [3.63, 3.8) is 0 Å². The van der Waals surface area contributed by atoms with E-state index in [-0.39, 0.29) is 12.5 Å². The summed E-state index contributed by atoms with van der Waals surface area (Å²) >= 11 is 3.37. The van der Waals surface area contributed by atoms with Gasteiger partial charge in [0.05, 0.1) is 0 Å². The number of halogens is 1. The van der Waals surface area contributed by atoms with E-state index in [4.69, 9.17) is 4.74 Å². The maximum atomic E-state index is 12.4. The molecule has 3 amide bonds. The van der Waals surface area contributed by atoms with E-state index in [0.29, 0.717) is 22.6 Å². The second kappa shape index (κ2) is 10.6. The Hall–Kier alpha value is -3.65. The molecule has 0 fully saturated rings. The Balaban J connectivity index is 1.48. The van der Waals surface area contributed by atoms with Crippen molar-refractivity contribution in [1.29, 1.82) is 0 Å². The summed E-state index contributed by atoms with van der Waals surface area (Å²) in [6, 6.07) is 19.1. The van der Waals surface area contributed by atoms with E-state index in [9.17, 15) is 14.4 Å². The van der Waals surface area contributed by atoms with Gasteiger partial charge in [-0.3, -0.25) is 25.2 Å². The second-order valence-electron chi connectivity index (χ2n) is 7.05. The minimum atomic E-state index is -0.497. The molecular weight excluding hydrogens is 474 g/mol. The Morgan fingerprint density at radius 2 is 1.56 bits per heavy atom. The number of hydrazine groups is 1. The van der Waals surface area contributed by atoms with Crippen LogP contribution >= 0.6 is 15.9 Å². The molecule has 8 heteroatoms. The topological polar surface area (TPSA) is 96.5 Å². The quantitative estimate of drug-likeness (QED) is 0.447. The van der Waals surface area contributed by atoms with Crippen molar-refractivity contribution < 1.29 is 19.1 Å². The van der Waals surface area contributed by atoms with Crippen LogP contribution in [0.4, 0.5) is 5.69 Å². The van der Waals surface area contributed by atoms with Gasteiger partial charge in [0.15, 0.2) is 6.61 Å². The number of hydrogen-bond acceptors (Lipinski definition) is 4. The number of amides is 3. The molecule has 0 aromatic heterocycles. The SMILES string of the molecule is Cc1cc(Br)ccc1OCC(=O)NNC(=O)c1ccc(NC(=O)c2ccccc2C)cc1. The van der Waals surface area contributed by atoms with Crippen LogP contribution in [0.5, 0.6) is 5.75 Å². The highest BCUT2D eigenvalue weighted by atomic mass is 79.9. The number of aryl methyl sites for hydroxylation is 2. The molecule has 0 saturated heterocycles. The molecule has 3 aromatic rings. The molecule has 3 aromatic carbocycles. The molecule has 0 aliphatic heterocycles. The van der Waals surface area contributed by atoms with E-state index < -0.39 is 11.8 Å². The van der Waals surface area contributed by atoms with E-state index in [1.165, 1.54) is 0 Å². The molecule has 3 N–H and O–H groups in total. The van der Waals surface area contributed by atoms with Crippen LogP contribution in [0.1, 0.15) is 31.8 Å². The van der Waals surface area contributed by atoms with Gasteiger partial charge in [-0.25, -0.2) is 0 Å². The fourth-order valence-corrected chi connectivity index (χ4v) is 3.36. The zero-order chi connectivity index (χ0) is 23.1. The van der Waals surface area contributed by atoms with Crippen molar-refractivity contribution in [3.05, 3.63) is 93.5 Å². The average molecular weight is 496 g/mol. The smallest absolute Gasteiger partial charge is 0.276 e. The third-order valence-corrected chi connectivity index (χ3v) is 5.10. The number of hydrogen-bond donors (Lipinski definition) is 3. The van der Waals surface area contributed by atoms with Gasteiger partial charge in [-0.05, 0) is 73.5 Å². The van der Waals surface area contributed by atoms with Crippen molar-refractivity contribution in [2.24, 2.45) is 0 Å². The summed E-state index contributed by atoms with van der Waals surface area (Å²) in [5.41, 5.74) is 7.86. The highest BCUT2D eigenvalue weighted by Crippen LogP contribution is 2.22. The van der Waals surface area contributed by atoms with Crippen LogP contribution < -0.4 is 20.9 Å². The maximum absolute atomic E-state index is 12.4. The third kappa shape index (κ3) is 6.18. The normalized spacial score (nSPS) is 10.2. The zero-order valence-corrected chi connectivity index (χ0v) is 19.2. The summed E-state index contributed by atoms with van der Waals surface area (Å²) in [5.74, 6) is -0.635. The highest BCUT2D eigenvalue weighted by molar-refractivity contribution is 9.10. The molecule has 0 saturated carbocycles. The zero-order valence-electron chi connectivity index (χ0n) is 17.6. The largest absolute Gasteiger partial charge is 0.483 e. The lowest BCUT2D eigenvalue weighted by atomic mass is 10.1.